The van der Waals surface area contributed by atoms with Crippen LogP contribution >= 0.6 is 35.0 Å². The van der Waals surface area contributed by atoms with E-state index in [0.717, 1.165) is 16.9 Å². The van der Waals surface area contributed by atoms with Crippen LogP contribution < -0.4 is 10.1 Å². The average molecular weight is 512 g/mol. The van der Waals surface area contributed by atoms with Crippen LogP contribution in [-0.2, 0) is 21.9 Å². The molecule has 33 heavy (non-hydrogen) atoms. The van der Waals surface area contributed by atoms with Crippen molar-refractivity contribution in [3.63, 3.8) is 0 Å². The molecule has 0 saturated carbocycles. The Bertz CT molecular complexity index is 946. The van der Waals surface area contributed by atoms with Crippen molar-refractivity contribution < 1.29 is 14.3 Å². The summed E-state index contributed by atoms with van der Waals surface area (Å²) in [4.78, 5) is 28.0. The fourth-order valence-electron chi connectivity index (χ4n) is 3.27. The third-order valence-electron chi connectivity index (χ3n) is 4.87. The van der Waals surface area contributed by atoms with E-state index >= 15 is 0 Å². The highest BCUT2D eigenvalue weighted by molar-refractivity contribution is 7.99. The Labute approximate surface area is 211 Å². The van der Waals surface area contributed by atoms with Crippen molar-refractivity contribution in [1.82, 2.24) is 10.2 Å². The van der Waals surface area contributed by atoms with Gasteiger partial charge in [-0.3, -0.25) is 9.59 Å². The molecule has 180 valence electrons. The molecule has 0 radical (unpaired) electrons. The summed E-state index contributed by atoms with van der Waals surface area (Å²) in [6.07, 6.45) is 0.498. The van der Waals surface area contributed by atoms with E-state index in [2.05, 4.69) is 5.32 Å². The van der Waals surface area contributed by atoms with Crippen molar-refractivity contribution in [1.29, 1.82) is 0 Å². The molecule has 0 saturated heterocycles. The van der Waals surface area contributed by atoms with Gasteiger partial charge in [0.2, 0.25) is 11.8 Å². The Morgan fingerprint density at radius 2 is 1.70 bits per heavy atom. The van der Waals surface area contributed by atoms with Gasteiger partial charge in [0.05, 0.1) is 22.9 Å². The van der Waals surface area contributed by atoms with Gasteiger partial charge < -0.3 is 15.0 Å². The van der Waals surface area contributed by atoms with Gasteiger partial charge in [-0.2, -0.15) is 0 Å². The standard InChI is InChI=1S/C25H32Cl2N2O3S/c1-6-22(24(31)28-25(2,3)4)29(14-18-9-12-20(26)21(27)13-18)23(30)16-33-15-17-7-10-19(32-5)11-8-17/h7-13,22H,6,14-16H2,1-5H3,(H,28,31). The molecule has 2 aromatic rings. The number of amides is 2. The first-order valence-corrected chi connectivity index (χ1v) is 12.7. The number of hydrogen-bond donors (Lipinski definition) is 1. The second-order valence-electron chi connectivity index (χ2n) is 8.77. The molecule has 0 fully saturated rings. The first-order chi connectivity index (χ1) is 15.5. The fourth-order valence-corrected chi connectivity index (χ4v) is 4.46. The quantitative estimate of drug-likeness (QED) is 0.428. The molecule has 0 heterocycles. The summed E-state index contributed by atoms with van der Waals surface area (Å²) in [7, 11) is 1.63. The van der Waals surface area contributed by atoms with Crippen LogP contribution in [0.1, 0.15) is 45.2 Å². The maximum atomic E-state index is 13.3. The molecule has 0 aliphatic rings. The van der Waals surface area contributed by atoms with Crippen LogP contribution in [0.15, 0.2) is 42.5 Å². The zero-order valence-corrected chi connectivity index (χ0v) is 22.1. The molecule has 8 heteroatoms. The number of methoxy groups -OCH3 is 1. The Kier molecular flexibility index (Phi) is 10.4. The van der Waals surface area contributed by atoms with Crippen molar-refractivity contribution >= 4 is 46.8 Å². The van der Waals surface area contributed by atoms with Gasteiger partial charge in [-0.25, -0.2) is 0 Å². The first kappa shape index (κ1) is 27.4. The number of nitrogens with one attached hydrogen (secondary N) is 1. The number of ether oxygens (including phenoxy) is 1. The predicted molar refractivity (Wildman–Crippen MR) is 138 cm³/mol. The maximum Gasteiger partial charge on any atom is 0.243 e. The van der Waals surface area contributed by atoms with E-state index in [1.165, 1.54) is 11.8 Å². The summed E-state index contributed by atoms with van der Waals surface area (Å²) < 4.78 is 5.19. The van der Waals surface area contributed by atoms with E-state index in [1.54, 1.807) is 24.1 Å². The largest absolute Gasteiger partial charge is 0.497 e. The van der Waals surface area contributed by atoms with Crippen LogP contribution in [0.4, 0.5) is 0 Å². The van der Waals surface area contributed by atoms with Crippen molar-refractivity contribution in [3.8, 4) is 5.75 Å². The van der Waals surface area contributed by atoms with Crippen LogP contribution in [0.25, 0.3) is 0 Å². The van der Waals surface area contributed by atoms with Gasteiger partial charge in [-0.05, 0) is 62.6 Å². The van der Waals surface area contributed by atoms with Crippen LogP contribution in [0.2, 0.25) is 10.0 Å². The van der Waals surface area contributed by atoms with E-state index in [-0.39, 0.29) is 24.1 Å². The topological polar surface area (TPSA) is 58.6 Å². The molecular formula is C25H32Cl2N2O3S. The molecule has 1 N–H and O–H groups in total. The van der Waals surface area contributed by atoms with Crippen molar-refractivity contribution in [2.75, 3.05) is 12.9 Å². The van der Waals surface area contributed by atoms with Crippen LogP contribution in [-0.4, -0.2) is 41.2 Å². The molecule has 1 atom stereocenters. The van der Waals surface area contributed by atoms with E-state index < -0.39 is 11.6 Å². The van der Waals surface area contributed by atoms with Gasteiger partial charge in [0.1, 0.15) is 11.8 Å². The van der Waals surface area contributed by atoms with Gasteiger partial charge in [0.25, 0.3) is 0 Å². The van der Waals surface area contributed by atoms with Crippen molar-refractivity contribution in [3.05, 3.63) is 63.6 Å². The Morgan fingerprint density at radius 3 is 2.24 bits per heavy atom. The molecule has 0 bridgehead atoms. The zero-order valence-electron chi connectivity index (χ0n) is 19.8. The molecule has 1 unspecified atom stereocenters. The number of rotatable bonds is 10. The van der Waals surface area contributed by atoms with E-state index in [4.69, 9.17) is 27.9 Å². The second-order valence-corrected chi connectivity index (χ2v) is 10.6. The van der Waals surface area contributed by atoms with Crippen LogP contribution in [0.3, 0.4) is 0 Å². The summed E-state index contributed by atoms with van der Waals surface area (Å²) in [5, 5.41) is 3.87. The lowest BCUT2D eigenvalue weighted by Gasteiger charge is -2.33. The van der Waals surface area contributed by atoms with Crippen molar-refractivity contribution in [2.45, 2.75) is 58.0 Å². The van der Waals surface area contributed by atoms with Crippen LogP contribution in [0, 0.1) is 0 Å². The molecular weight excluding hydrogens is 479 g/mol. The minimum Gasteiger partial charge on any atom is -0.497 e. The molecule has 2 aromatic carbocycles. The van der Waals surface area contributed by atoms with E-state index in [1.807, 2.05) is 58.0 Å². The van der Waals surface area contributed by atoms with Gasteiger partial charge in [0, 0.05) is 17.8 Å². The molecule has 0 aliphatic heterocycles. The van der Waals surface area contributed by atoms with E-state index in [9.17, 15) is 9.59 Å². The number of benzene rings is 2. The molecule has 0 spiro atoms. The summed E-state index contributed by atoms with van der Waals surface area (Å²) in [5.74, 6) is 1.46. The molecule has 5 nitrogen and oxygen atoms in total. The fraction of sp³-hybridized carbons (Fsp3) is 0.440. The third-order valence-corrected chi connectivity index (χ3v) is 6.60. The summed E-state index contributed by atoms with van der Waals surface area (Å²) >= 11 is 13.8. The SMILES string of the molecule is CCC(C(=O)NC(C)(C)C)N(Cc1ccc(Cl)c(Cl)c1)C(=O)CSCc1ccc(OC)cc1. The first-order valence-electron chi connectivity index (χ1n) is 10.8. The Hall–Kier alpha value is -1.89. The number of hydrogen-bond acceptors (Lipinski definition) is 4. The highest BCUT2D eigenvalue weighted by atomic mass is 35.5. The maximum absolute atomic E-state index is 13.3. The Morgan fingerprint density at radius 1 is 1.06 bits per heavy atom. The highest BCUT2D eigenvalue weighted by Gasteiger charge is 2.30. The smallest absolute Gasteiger partial charge is 0.243 e. The third kappa shape index (κ3) is 8.76. The number of carbonyl (C=O) groups is 2. The monoisotopic (exact) mass is 510 g/mol. The number of halogens is 2. The normalized spacial score (nSPS) is 12.2. The lowest BCUT2D eigenvalue weighted by atomic mass is 10.1. The van der Waals surface area contributed by atoms with Gasteiger partial charge >= 0.3 is 0 Å². The number of thioether (sulfide) groups is 1. The molecule has 0 aromatic heterocycles. The highest BCUT2D eigenvalue weighted by Crippen LogP contribution is 2.25. The van der Waals surface area contributed by atoms with Crippen molar-refractivity contribution in [2.24, 2.45) is 0 Å². The number of nitrogens with zero attached hydrogens (tertiary/aromatic N) is 1. The van der Waals surface area contributed by atoms with Crippen LogP contribution in [0.5, 0.6) is 5.75 Å². The lowest BCUT2D eigenvalue weighted by Crippen LogP contribution is -2.53. The summed E-state index contributed by atoms with van der Waals surface area (Å²) in [5.41, 5.74) is 1.52. The second kappa shape index (κ2) is 12.5. The molecule has 0 aliphatic carbocycles. The molecule has 2 rings (SSSR count). The lowest BCUT2D eigenvalue weighted by molar-refractivity contribution is -0.140. The predicted octanol–water partition coefficient (Wildman–Crippen LogP) is 5.96. The summed E-state index contributed by atoms with van der Waals surface area (Å²) in [6.45, 7) is 7.95. The zero-order chi connectivity index (χ0) is 24.6. The van der Waals surface area contributed by atoms with Gasteiger partial charge in [-0.15, -0.1) is 11.8 Å². The van der Waals surface area contributed by atoms with Gasteiger partial charge in [-0.1, -0.05) is 48.3 Å². The van der Waals surface area contributed by atoms with E-state index in [0.29, 0.717) is 22.2 Å². The molecule has 2 amide bonds. The van der Waals surface area contributed by atoms with Gasteiger partial charge in [0.15, 0.2) is 0 Å². The minimum absolute atomic E-state index is 0.101. The Balaban J connectivity index is 2.16. The minimum atomic E-state index is -0.590. The average Bonchev–Trinajstić information content (AvgIpc) is 2.75. The summed E-state index contributed by atoms with van der Waals surface area (Å²) in [6, 6.07) is 12.4. The number of carbonyl (C=O) groups excluding carboxylic acids is 2.